The van der Waals surface area contributed by atoms with Gasteiger partial charge in [-0.15, -0.1) is 0 Å². The molecule has 4 nitrogen and oxygen atoms in total. The fraction of sp³-hybridized carbons (Fsp3) is 0.706. The molecule has 4 heteroatoms. The summed E-state index contributed by atoms with van der Waals surface area (Å²) < 4.78 is 5.57. The van der Waals surface area contributed by atoms with E-state index in [1.807, 2.05) is 7.11 Å². The highest BCUT2D eigenvalue weighted by Gasteiger charge is 2.25. The molecule has 1 N–H and O–H groups in total. The van der Waals surface area contributed by atoms with Crippen LogP contribution < -0.4 is 10.2 Å². The molecule has 2 heterocycles. The van der Waals surface area contributed by atoms with Crippen molar-refractivity contribution in [3.05, 3.63) is 22.9 Å². The van der Waals surface area contributed by atoms with Gasteiger partial charge in [0.05, 0.1) is 6.10 Å². The van der Waals surface area contributed by atoms with Crippen molar-refractivity contribution >= 4 is 5.82 Å². The lowest BCUT2D eigenvalue weighted by molar-refractivity contribution is 0.0891. The Labute approximate surface area is 127 Å². The fourth-order valence-electron chi connectivity index (χ4n) is 3.18. The van der Waals surface area contributed by atoms with Crippen LogP contribution in [0.5, 0.6) is 0 Å². The van der Waals surface area contributed by atoms with Crippen LogP contribution in [0, 0.1) is 13.8 Å². The summed E-state index contributed by atoms with van der Waals surface area (Å²) >= 11 is 0. The summed E-state index contributed by atoms with van der Waals surface area (Å²) in [7, 11) is 1.82. The van der Waals surface area contributed by atoms with E-state index in [1.54, 1.807) is 0 Å². The Morgan fingerprint density at radius 1 is 1.33 bits per heavy atom. The molecule has 1 aromatic heterocycles. The van der Waals surface area contributed by atoms with Crippen LogP contribution in [0.3, 0.4) is 0 Å². The molecule has 0 aromatic carbocycles. The van der Waals surface area contributed by atoms with Crippen molar-refractivity contribution in [2.75, 3.05) is 25.1 Å². The van der Waals surface area contributed by atoms with E-state index in [1.165, 1.54) is 36.2 Å². The zero-order chi connectivity index (χ0) is 14.8. The molecule has 21 heavy (non-hydrogen) atoms. The quantitative estimate of drug-likeness (QED) is 0.904. The maximum Gasteiger partial charge on any atom is 0.133 e. The Kier molecular flexibility index (Phi) is 4.45. The molecule has 1 atom stereocenters. The molecule has 1 aliphatic heterocycles. The van der Waals surface area contributed by atoms with Crippen molar-refractivity contribution in [1.82, 2.24) is 10.3 Å². The molecule has 1 saturated heterocycles. The molecule has 1 aliphatic carbocycles. The van der Waals surface area contributed by atoms with Crippen LogP contribution in [-0.4, -0.2) is 37.3 Å². The number of nitrogens with one attached hydrogen (secondary N) is 1. The lowest BCUT2D eigenvalue weighted by atomic mass is 10.0. The molecule has 0 bridgehead atoms. The van der Waals surface area contributed by atoms with Gasteiger partial charge in [-0.3, -0.25) is 0 Å². The highest BCUT2D eigenvalue weighted by molar-refractivity contribution is 5.52. The second-order valence-electron chi connectivity index (χ2n) is 6.48. The van der Waals surface area contributed by atoms with Crippen molar-refractivity contribution < 1.29 is 4.74 Å². The molecule has 3 rings (SSSR count). The third kappa shape index (κ3) is 3.55. The molecular formula is C17H27N3O. The number of hydrogen-bond donors (Lipinski definition) is 1. The van der Waals surface area contributed by atoms with E-state index in [9.17, 15) is 0 Å². The normalized spacial score (nSPS) is 22.6. The van der Waals surface area contributed by atoms with Gasteiger partial charge in [0.1, 0.15) is 5.82 Å². The number of aromatic nitrogens is 1. The van der Waals surface area contributed by atoms with Crippen LogP contribution >= 0.6 is 0 Å². The minimum Gasteiger partial charge on any atom is -0.380 e. The topological polar surface area (TPSA) is 37.4 Å². The summed E-state index contributed by atoms with van der Waals surface area (Å²) in [5.41, 5.74) is 3.83. The van der Waals surface area contributed by atoms with Crippen LogP contribution in [-0.2, 0) is 11.3 Å². The molecule has 1 aromatic rings. The van der Waals surface area contributed by atoms with Gasteiger partial charge in [-0.05, 0) is 51.2 Å². The number of rotatable bonds is 5. The maximum atomic E-state index is 5.57. The third-order valence-corrected chi connectivity index (χ3v) is 4.61. The van der Waals surface area contributed by atoms with Crippen molar-refractivity contribution in [2.45, 2.75) is 58.2 Å². The number of hydrogen-bond acceptors (Lipinski definition) is 4. The lowest BCUT2D eigenvalue weighted by Gasteiger charge is -2.34. The van der Waals surface area contributed by atoms with Crippen molar-refractivity contribution in [2.24, 2.45) is 0 Å². The first-order valence-corrected chi connectivity index (χ1v) is 8.15. The van der Waals surface area contributed by atoms with E-state index >= 15 is 0 Å². The van der Waals surface area contributed by atoms with E-state index in [0.717, 1.165) is 37.8 Å². The van der Waals surface area contributed by atoms with Crippen LogP contribution in [0.15, 0.2) is 6.07 Å². The first-order valence-electron chi connectivity index (χ1n) is 8.15. The highest BCUT2D eigenvalue weighted by atomic mass is 16.5. The first-order chi connectivity index (χ1) is 10.2. The summed E-state index contributed by atoms with van der Waals surface area (Å²) in [4.78, 5) is 7.27. The number of anilines is 1. The summed E-state index contributed by atoms with van der Waals surface area (Å²) in [5.74, 6) is 1.17. The van der Waals surface area contributed by atoms with Gasteiger partial charge in [-0.2, -0.15) is 0 Å². The van der Waals surface area contributed by atoms with E-state index in [0.29, 0.717) is 6.10 Å². The van der Waals surface area contributed by atoms with Gasteiger partial charge in [0.25, 0.3) is 0 Å². The summed E-state index contributed by atoms with van der Waals surface area (Å²) in [6, 6.07) is 2.93. The van der Waals surface area contributed by atoms with Gasteiger partial charge in [-0.25, -0.2) is 4.98 Å². The monoisotopic (exact) mass is 289 g/mol. The van der Waals surface area contributed by atoms with Crippen molar-refractivity contribution in [3.63, 3.8) is 0 Å². The summed E-state index contributed by atoms with van der Waals surface area (Å²) in [6.45, 7) is 7.29. The van der Waals surface area contributed by atoms with E-state index in [4.69, 9.17) is 9.72 Å². The van der Waals surface area contributed by atoms with Gasteiger partial charge in [0.2, 0.25) is 0 Å². The molecule has 0 radical (unpaired) electrons. The smallest absolute Gasteiger partial charge is 0.133 e. The second-order valence-corrected chi connectivity index (χ2v) is 6.48. The minimum absolute atomic E-state index is 0.339. The zero-order valence-electron chi connectivity index (χ0n) is 13.5. The molecule has 2 fully saturated rings. The van der Waals surface area contributed by atoms with Gasteiger partial charge < -0.3 is 15.0 Å². The molecule has 116 valence electrons. The zero-order valence-corrected chi connectivity index (χ0v) is 13.5. The van der Waals surface area contributed by atoms with E-state index in [-0.39, 0.29) is 0 Å². The molecule has 0 spiro atoms. The highest BCUT2D eigenvalue weighted by Crippen LogP contribution is 2.27. The third-order valence-electron chi connectivity index (χ3n) is 4.61. The Hall–Kier alpha value is -1.13. The van der Waals surface area contributed by atoms with Crippen LogP contribution in [0.2, 0.25) is 0 Å². The number of nitrogens with zero attached hydrogens (tertiary/aromatic N) is 2. The van der Waals surface area contributed by atoms with Crippen LogP contribution in [0.1, 0.15) is 42.5 Å². The van der Waals surface area contributed by atoms with Crippen LogP contribution in [0.25, 0.3) is 0 Å². The SMILES string of the molecule is COC1CCCN(c2nc(C)cc(C)c2CNC2CC2)C1. The summed E-state index contributed by atoms with van der Waals surface area (Å²) in [6.07, 6.45) is 5.33. The molecule has 0 amide bonds. The van der Waals surface area contributed by atoms with Gasteiger partial charge >= 0.3 is 0 Å². The van der Waals surface area contributed by atoms with Crippen molar-refractivity contribution in [3.8, 4) is 0 Å². The number of aryl methyl sites for hydroxylation is 2. The number of methoxy groups -OCH3 is 1. The predicted molar refractivity (Wildman–Crippen MR) is 85.8 cm³/mol. The minimum atomic E-state index is 0.339. The average Bonchev–Trinajstić information content (AvgIpc) is 3.30. The fourth-order valence-corrected chi connectivity index (χ4v) is 3.18. The molecular weight excluding hydrogens is 262 g/mol. The standard InChI is InChI=1S/C17H27N3O/c1-12-9-13(2)19-17(16(12)10-18-14-6-7-14)20-8-4-5-15(11-20)21-3/h9,14-15,18H,4-8,10-11H2,1-3H3. The Morgan fingerprint density at radius 3 is 2.86 bits per heavy atom. The molecule has 1 saturated carbocycles. The number of ether oxygens (including phenoxy) is 1. The molecule has 1 unspecified atom stereocenters. The molecule has 2 aliphatic rings. The van der Waals surface area contributed by atoms with Crippen molar-refractivity contribution in [1.29, 1.82) is 0 Å². The Bertz CT molecular complexity index is 499. The largest absolute Gasteiger partial charge is 0.380 e. The Morgan fingerprint density at radius 2 is 2.14 bits per heavy atom. The Balaban J connectivity index is 1.83. The van der Waals surface area contributed by atoms with Gasteiger partial charge in [-0.1, -0.05) is 0 Å². The van der Waals surface area contributed by atoms with Crippen LogP contribution in [0.4, 0.5) is 5.82 Å². The van der Waals surface area contributed by atoms with Gasteiger partial charge in [0.15, 0.2) is 0 Å². The van der Waals surface area contributed by atoms with E-state index < -0.39 is 0 Å². The number of pyridine rings is 1. The van der Waals surface area contributed by atoms with E-state index in [2.05, 4.69) is 30.1 Å². The number of piperidine rings is 1. The predicted octanol–water partition coefficient (Wildman–Crippen LogP) is 2.57. The summed E-state index contributed by atoms with van der Waals surface area (Å²) in [5, 5.41) is 3.64. The average molecular weight is 289 g/mol. The second kappa shape index (κ2) is 6.32. The lowest BCUT2D eigenvalue weighted by Crippen LogP contribution is -2.40. The maximum absolute atomic E-state index is 5.57. The van der Waals surface area contributed by atoms with Gasteiger partial charge in [0, 0.05) is 44.0 Å². The first kappa shape index (κ1) is 14.8.